The molecule has 0 amide bonds. The van der Waals surface area contributed by atoms with E-state index in [4.69, 9.17) is 4.98 Å². The summed E-state index contributed by atoms with van der Waals surface area (Å²) in [4.78, 5) is 13.5. The van der Waals surface area contributed by atoms with Gasteiger partial charge in [-0.05, 0) is 18.2 Å². The first-order valence-electron chi connectivity index (χ1n) is 7.38. The second-order valence-corrected chi connectivity index (χ2v) is 6.43. The Hall–Kier alpha value is -2.85. The quantitative estimate of drug-likeness (QED) is 0.434. The summed E-state index contributed by atoms with van der Waals surface area (Å²) in [5.41, 5.74) is 3.49. The van der Waals surface area contributed by atoms with E-state index < -0.39 is 0 Å². The van der Waals surface area contributed by atoms with Crippen LogP contribution in [-0.2, 0) is 0 Å². The summed E-state index contributed by atoms with van der Waals surface area (Å²) in [6, 6.07) is 18.7. The van der Waals surface area contributed by atoms with Gasteiger partial charge in [-0.1, -0.05) is 36.4 Å². The number of nitrogens with zero attached hydrogens (tertiary/aromatic N) is 3. The van der Waals surface area contributed by atoms with Crippen molar-refractivity contribution in [3.8, 4) is 11.3 Å². The fourth-order valence-electron chi connectivity index (χ4n) is 2.93. The van der Waals surface area contributed by atoms with E-state index in [0.717, 1.165) is 16.8 Å². The van der Waals surface area contributed by atoms with Gasteiger partial charge in [0.1, 0.15) is 5.52 Å². The number of fused-ring (bicyclic) bond motifs is 4. The van der Waals surface area contributed by atoms with Crippen molar-refractivity contribution >= 4 is 42.7 Å². The summed E-state index contributed by atoms with van der Waals surface area (Å²) in [7, 11) is 0. The van der Waals surface area contributed by atoms with Gasteiger partial charge in [-0.3, -0.25) is 4.98 Å². The van der Waals surface area contributed by atoms with Gasteiger partial charge in [-0.2, -0.15) is 0 Å². The monoisotopic (exact) mass is 313 g/mol. The highest BCUT2D eigenvalue weighted by atomic mass is 32.1. The Bertz CT molecular complexity index is 1180. The van der Waals surface area contributed by atoms with Crippen LogP contribution >= 0.6 is 11.3 Å². The van der Waals surface area contributed by atoms with Crippen LogP contribution in [0.15, 0.2) is 67.0 Å². The van der Waals surface area contributed by atoms with Crippen LogP contribution in [0.5, 0.6) is 0 Å². The number of aromatic nitrogens is 3. The molecule has 5 rings (SSSR count). The van der Waals surface area contributed by atoms with Gasteiger partial charge in [0.25, 0.3) is 0 Å². The molecule has 0 N–H and O–H groups in total. The van der Waals surface area contributed by atoms with E-state index in [1.807, 2.05) is 18.3 Å². The van der Waals surface area contributed by atoms with E-state index in [1.54, 1.807) is 17.5 Å². The van der Waals surface area contributed by atoms with E-state index in [0.29, 0.717) is 5.65 Å². The van der Waals surface area contributed by atoms with Crippen LogP contribution in [-0.4, -0.2) is 15.0 Å². The zero-order valence-electron chi connectivity index (χ0n) is 12.1. The van der Waals surface area contributed by atoms with Crippen molar-refractivity contribution in [2.24, 2.45) is 0 Å². The average Bonchev–Trinajstić information content (AvgIpc) is 3.00. The second-order valence-electron chi connectivity index (χ2n) is 5.38. The molecule has 3 heterocycles. The summed E-state index contributed by atoms with van der Waals surface area (Å²) in [5.74, 6) is 0. The lowest BCUT2D eigenvalue weighted by molar-refractivity contribution is 1.23. The van der Waals surface area contributed by atoms with Crippen LogP contribution in [0.4, 0.5) is 0 Å². The maximum atomic E-state index is 4.70. The minimum atomic E-state index is 0.683. The van der Waals surface area contributed by atoms with Gasteiger partial charge in [0, 0.05) is 31.9 Å². The lowest BCUT2D eigenvalue weighted by Gasteiger charge is -2.03. The van der Waals surface area contributed by atoms with Gasteiger partial charge >= 0.3 is 0 Å². The molecule has 2 aromatic carbocycles. The lowest BCUT2D eigenvalue weighted by atomic mass is 10.1. The van der Waals surface area contributed by atoms with E-state index in [1.165, 1.54) is 20.2 Å². The molecule has 0 aliphatic rings. The topological polar surface area (TPSA) is 38.7 Å². The maximum absolute atomic E-state index is 4.70. The van der Waals surface area contributed by atoms with Gasteiger partial charge in [-0.25, -0.2) is 9.97 Å². The highest BCUT2D eigenvalue weighted by Crippen LogP contribution is 2.39. The van der Waals surface area contributed by atoms with Crippen LogP contribution < -0.4 is 0 Å². The largest absolute Gasteiger partial charge is 0.251 e. The van der Waals surface area contributed by atoms with Crippen LogP contribution in [0.2, 0.25) is 0 Å². The highest BCUT2D eigenvalue weighted by Gasteiger charge is 2.11. The average molecular weight is 313 g/mol. The van der Waals surface area contributed by atoms with Gasteiger partial charge in [0.2, 0.25) is 0 Å². The van der Waals surface area contributed by atoms with Gasteiger partial charge in [0.05, 0.1) is 11.9 Å². The Kier molecular flexibility index (Phi) is 2.66. The molecule has 5 aromatic rings. The fourth-order valence-corrected chi connectivity index (χ4v) is 4.15. The lowest BCUT2D eigenvalue weighted by Crippen LogP contribution is -1.90. The number of rotatable bonds is 1. The molecule has 3 nitrogen and oxygen atoms in total. The summed E-state index contributed by atoms with van der Waals surface area (Å²) >= 11 is 1.80. The highest BCUT2D eigenvalue weighted by molar-refractivity contribution is 7.26. The standard InChI is InChI=1S/C19H11N3S/c1-2-9-17-12(5-1)13-6-3-7-14(18(13)23-17)16-11-21-15-8-4-10-20-19(15)22-16/h1-11H. The molecular weight excluding hydrogens is 302 g/mol. The first-order chi connectivity index (χ1) is 11.4. The van der Waals surface area contributed by atoms with E-state index in [2.05, 4.69) is 52.4 Å². The molecule has 0 saturated carbocycles. The van der Waals surface area contributed by atoms with Crippen LogP contribution in [0, 0.1) is 0 Å². The normalized spacial score (nSPS) is 11.5. The van der Waals surface area contributed by atoms with Crippen molar-refractivity contribution in [3.05, 3.63) is 67.0 Å². The third kappa shape index (κ3) is 1.92. The molecule has 0 aliphatic carbocycles. The number of thiophene rings is 1. The van der Waals surface area contributed by atoms with Crippen molar-refractivity contribution in [2.45, 2.75) is 0 Å². The summed E-state index contributed by atoms with van der Waals surface area (Å²) in [5, 5.41) is 2.56. The van der Waals surface area contributed by atoms with E-state index in [-0.39, 0.29) is 0 Å². The molecule has 3 aromatic heterocycles. The van der Waals surface area contributed by atoms with Gasteiger partial charge < -0.3 is 0 Å². The first-order valence-corrected chi connectivity index (χ1v) is 8.20. The molecule has 0 spiro atoms. The van der Waals surface area contributed by atoms with Crippen molar-refractivity contribution in [2.75, 3.05) is 0 Å². The smallest absolute Gasteiger partial charge is 0.178 e. The second kappa shape index (κ2) is 4.83. The van der Waals surface area contributed by atoms with E-state index in [9.17, 15) is 0 Å². The SMILES string of the molecule is c1cnc2nc(-c3cccc4c3sc3ccccc34)cnc2c1. The molecule has 108 valence electrons. The van der Waals surface area contributed by atoms with Crippen molar-refractivity contribution in [1.82, 2.24) is 15.0 Å². The fraction of sp³-hybridized carbons (Fsp3) is 0. The first kappa shape index (κ1) is 12.7. The maximum Gasteiger partial charge on any atom is 0.178 e. The molecule has 0 fully saturated rings. The zero-order chi connectivity index (χ0) is 15.2. The van der Waals surface area contributed by atoms with Gasteiger partial charge in [0.15, 0.2) is 5.65 Å². The predicted octanol–water partition coefficient (Wildman–Crippen LogP) is 5.06. The van der Waals surface area contributed by atoms with Crippen molar-refractivity contribution in [3.63, 3.8) is 0 Å². The zero-order valence-corrected chi connectivity index (χ0v) is 12.9. The number of hydrogen-bond donors (Lipinski definition) is 0. The Balaban J connectivity index is 1.84. The Morgan fingerprint density at radius 3 is 2.70 bits per heavy atom. The van der Waals surface area contributed by atoms with Crippen LogP contribution in [0.3, 0.4) is 0 Å². The Labute approximate surface area is 136 Å². The third-order valence-electron chi connectivity index (χ3n) is 4.00. The summed E-state index contributed by atoms with van der Waals surface area (Å²) < 4.78 is 2.54. The number of benzene rings is 2. The molecule has 23 heavy (non-hydrogen) atoms. The minimum Gasteiger partial charge on any atom is -0.251 e. The summed E-state index contributed by atoms with van der Waals surface area (Å²) in [6.07, 6.45) is 3.59. The summed E-state index contributed by atoms with van der Waals surface area (Å²) in [6.45, 7) is 0. The Morgan fingerprint density at radius 2 is 1.70 bits per heavy atom. The van der Waals surface area contributed by atoms with Crippen LogP contribution in [0.25, 0.3) is 42.6 Å². The van der Waals surface area contributed by atoms with Crippen molar-refractivity contribution in [1.29, 1.82) is 0 Å². The van der Waals surface area contributed by atoms with E-state index >= 15 is 0 Å². The Morgan fingerprint density at radius 1 is 0.783 bits per heavy atom. The molecule has 0 radical (unpaired) electrons. The number of hydrogen-bond acceptors (Lipinski definition) is 4. The molecule has 0 bridgehead atoms. The van der Waals surface area contributed by atoms with Crippen molar-refractivity contribution < 1.29 is 0 Å². The molecule has 0 saturated heterocycles. The molecular formula is C19H11N3S. The van der Waals surface area contributed by atoms with Gasteiger partial charge in [-0.15, -0.1) is 11.3 Å². The number of pyridine rings is 1. The van der Waals surface area contributed by atoms with Crippen LogP contribution in [0.1, 0.15) is 0 Å². The predicted molar refractivity (Wildman–Crippen MR) is 95.7 cm³/mol. The molecule has 0 atom stereocenters. The molecule has 0 aliphatic heterocycles. The minimum absolute atomic E-state index is 0.683. The molecule has 4 heteroatoms. The third-order valence-corrected chi connectivity index (χ3v) is 5.22. The molecule has 0 unspecified atom stereocenters.